The first-order valence-electron chi connectivity index (χ1n) is 6.25. The third kappa shape index (κ3) is 5.30. The van der Waals surface area contributed by atoms with Gasteiger partial charge >= 0.3 is 0 Å². The van der Waals surface area contributed by atoms with Gasteiger partial charge in [0.15, 0.2) is 5.96 Å². The average Bonchev–Trinajstić information content (AvgIpc) is 2.39. The van der Waals surface area contributed by atoms with Crippen molar-refractivity contribution in [2.75, 3.05) is 19.6 Å². The molecule has 0 aromatic heterocycles. The number of benzene rings is 1. The molecule has 2 N–H and O–H groups in total. The Bertz CT molecular complexity index is 426. The van der Waals surface area contributed by atoms with Gasteiger partial charge in [0, 0.05) is 30.2 Å². The molecule has 1 aromatic carbocycles. The van der Waals surface area contributed by atoms with E-state index in [1.54, 1.807) is 18.2 Å². The molecule has 104 valence electrons. The predicted octanol–water partition coefficient (Wildman–Crippen LogP) is 2.76. The van der Waals surface area contributed by atoms with E-state index in [9.17, 15) is 4.39 Å². The molecule has 0 radical (unpaired) electrons. The van der Waals surface area contributed by atoms with Gasteiger partial charge in [-0.05, 0) is 25.5 Å². The summed E-state index contributed by atoms with van der Waals surface area (Å²) in [7, 11) is 0. The lowest BCUT2D eigenvalue weighted by Crippen LogP contribution is -2.37. The highest BCUT2D eigenvalue weighted by molar-refractivity contribution is 6.31. The van der Waals surface area contributed by atoms with E-state index >= 15 is 0 Å². The molecule has 19 heavy (non-hydrogen) atoms. The second-order valence-electron chi connectivity index (χ2n) is 3.88. The van der Waals surface area contributed by atoms with Crippen molar-refractivity contribution in [3.63, 3.8) is 0 Å². The minimum Gasteiger partial charge on any atom is -0.357 e. The third-order valence-corrected chi connectivity index (χ3v) is 2.81. The van der Waals surface area contributed by atoms with Crippen LogP contribution in [0.5, 0.6) is 0 Å². The summed E-state index contributed by atoms with van der Waals surface area (Å²) < 4.78 is 13.5. The van der Waals surface area contributed by atoms with Gasteiger partial charge in [-0.25, -0.2) is 4.39 Å². The lowest BCUT2D eigenvalue weighted by atomic mass is 10.1. The van der Waals surface area contributed by atoms with Crippen molar-refractivity contribution in [2.45, 2.75) is 13.3 Å². The molecule has 0 aliphatic rings. The first-order chi connectivity index (χ1) is 9.19. The molecule has 0 unspecified atom stereocenters. The summed E-state index contributed by atoms with van der Waals surface area (Å²) in [6.07, 6.45) is 2.22. The number of hydrogen-bond donors (Lipinski definition) is 2. The van der Waals surface area contributed by atoms with Crippen LogP contribution in [0.1, 0.15) is 12.5 Å². The third-order valence-electron chi connectivity index (χ3n) is 2.45. The molecule has 0 aliphatic heterocycles. The van der Waals surface area contributed by atoms with Gasteiger partial charge in [-0.2, -0.15) is 0 Å². The van der Waals surface area contributed by atoms with Crippen LogP contribution in [0.3, 0.4) is 0 Å². The van der Waals surface area contributed by atoms with Crippen LogP contribution in [0, 0.1) is 5.82 Å². The van der Waals surface area contributed by atoms with Crippen LogP contribution in [0.4, 0.5) is 4.39 Å². The van der Waals surface area contributed by atoms with Crippen molar-refractivity contribution in [1.82, 2.24) is 10.6 Å². The topological polar surface area (TPSA) is 36.4 Å². The van der Waals surface area contributed by atoms with Crippen LogP contribution < -0.4 is 10.6 Å². The van der Waals surface area contributed by atoms with Gasteiger partial charge in [0.2, 0.25) is 0 Å². The standard InChI is InChI=1S/C14H19ClFN3/c1-3-9-18-14(17-4-2)19-10-8-11-12(15)6-5-7-13(11)16/h3,5-7H,1,4,8-10H2,2H3,(H2,17,18,19). The number of aliphatic imine (C=N–C) groups is 1. The Balaban J connectivity index is 2.60. The summed E-state index contributed by atoms with van der Waals surface area (Å²) in [4.78, 5) is 4.35. The second kappa shape index (κ2) is 8.53. The normalized spacial score (nSPS) is 11.2. The van der Waals surface area contributed by atoms with Crippen LogP contribution in [0.15, 0.2) is 35.8 Å². The van der Waals surface area contributed by atoms with Crippen molar-refractivity contribution in [2.24, 2.45) is 4.99 Å². The van der Waals surface area contributed by atoms with E-state index in [0.717, 1.165) is 6.54 Å². The lowest BCUT2D eigenvalue weighted by molar-refractivity contribution is 0.609. The van der Waals surface area contributed by atoms with E-state index in [2.05, 4.69) is 22.2 Å². The van der Waals surface area contributed by atoms with E-state index in [4.69, 9.17) is 11.6 Å². The Kier molecular flexibility index (Phi) is 6.97. The monoisotopic (exact) mass is 283 g/mol. The van der Waals surface area contributed by atoms with Gasteiger partial charge < -0.3 is 10.6 Å². The Morgan fingerprint density at radius 2 is 2.26 bits per heavy atom. The molecule has 3 nitrogen and oxygen atoms in total. The summed E-state index contributed by atoms with van der Waals surface area (Å²) in [5.74, 6) is 0.404. The first kappa shape index (κ1) is 15.5. The predicted molar refractivity (Wildman–Crippen MR) is 79.3 cm³/mol. The highest BCUT2D eigenvalue weighted by Crippen LogP contribution is 2.19. The molecular formula is C14H19ClFN3. The van der Waals surface area contributed by atoms with Crippen molar-refractivity contribution in [3.8, 4) is 0 Å². The van der Waals surface area contributed by atoms with Gasteiger partial charge in [0.05, 0.1) is 0 Å². The number of nitrogens with zero attached hydrogens (tertiary/aromatic N) is 1. The summed E-state index contributed by atoms with van der Waals surface area (Å²) in [6, 6.07) is 4.69. The van der Waals surface area contributed by atoms with E-state index in [-0.39, 0.29) is 5.82 Å². The highest BCUT2D eigenvalue weighted by Gasteiger charge is 2.06. The van der Waals surface area contributed by atoms with Crippen LogP contribution in [0.2, 0.25) is 5.02 Å². The maximum absolute atomic E-state index is 13.5. The minimum atomic E-state index is -0.285. The van der Waals surface area contributed by atoms with E-state index in [1.165, 1.54) is 6.07 Å². The molecule has 0 aliphatic carbocycles. The van der Waals surface area contributed by atoms with Gasteiger partial charge in [-0.1, -0.05) is 23.7 Å². The molecule has 0 saturated heterocycles. The van der Waals surface area contributed by atoms with E-state index in [0.29, 0.717) is 36.1 Å². The minimum absolute atomic E-state index is 0.285. The Hall–Kier alpha value is -1.55. The Morgan fingerprint density at radius 1 is 1.47 bits per heavy atom. The molecule has 0 fully saturated rings. The fraction of sp³-hybridized carbons (Fsp3) is 0.357. The average molecular weight is 284 g/mol. The smallest absolute Gasteiger partial charge is 0.191 e. The summed E-state index contributed by atoms with van der Waals surface area (Å²) in [5, 5.41) is 6.62. The molecule has 0 heterocycles. The molecule has 0 spiro atoms. The molecular weight excluding hydrogens is 265 g/mol. The second-order valence-corrected chi connectivity index (χ2v) is 4.29. The molecule has 0 saturated carbocycles. The van der Waals surface area contributed by atoms with Crippen molar-refractivity contribution in [3.05, 3.63) is 47.3 Å². The molecule has 0 atom stereocenters. The zero-order chi connectivity index (χ0) is 14.1. The molecule has 5 heteroatoms. The van der Waals surface area contributed by atoms with Gasteiger partial charge in [-0.3, -0.25) is 4.99 Å². The molecule has 1 aromatic rings. The first-order valence-corrected chi connectivity index (χ1v) is 6.62. The summed E-state index contributed by atoms with van der Waals surface area (Å²) >= 11 is 5.96. The SMILES string of the molecule is C=CCNC(=NCCc1c(F)cccc1Cl)NCC. The maximum atomic E-state index is 13.5. The fourth-order valence-corrected chi connectivity index (χ4v) is 1.82. The highest BCUT2D eigenvalue weighted by atomic mass is 35.5. The van der Waals surface area contributed by atoms with Crippen LogP contribution in [-0.2, 0) is 6.42 Å². The van der Waals surface area contributed by atoms with E-state index < -0.39 is 0 Å². The fourth-order valence-electron chi connectivity index (χ4n) is 1.56. The number of guanidine groups is 1. The summed E-state index contributed by atoms with van der Waals surface area (Å²) in [6.45, 7) is 7.48. The van der Waals surface area contributed by atoms with Gasteiger partial charge in [0.25, 0.3) is 0 Å². The number of halogens is 2. The zero-order valence-corrected chi connectivity index (χ0v) is 11.8. The van der Waals surface area contributed by atoms with Crippen molar-refractivity contribution in [1.29, 1.82) is 0 Å². The molecule has 0 amide bonds. The van der Waals surface area contributed by atoms with Crippen LogP contribution in [0.25, 0.3) is 0 Å². The number of hydrogen-bond acceptors (Lipinski definition) is 1. The van der Waals surface area contributed by atoms with E-state index in [1.807, 2.05) is 6.92 Å². The quantitative estimate of drug-likeness (QED) is 0.478. The number of nitrogens with one attached hydrogen (secondary N) is 2. The maximum Gasteiger partial charge on any atom is 0.191 e. The Labute approximate surface area is 118 Å². The molecule has 1 rings (SSSR count). The van der Waals surface area contributed by atoms with Crippen LogP contribution >= 0.6 is 11.6 Å². The summed E-state index contributed by atoms with van der Waals surface area (Å²) in [5.41, 5.74) is 0.507. The Morgan fingerprint density at radius 3 is 2.89 bits per heavy atom. The van der Waals surface area contributed by atoms with Crippen molar-refractivity contribution >= 4 is 17.6 Å². The van der Waals surface area contributed by atoms with Gasteiger partial charge in [0.1, 0.15) is 5.82 Å². The lowest BCUT2D eigenvalue weighted by Gasteiger charge is -2.09. The largest absolute Gasteiger partial charge is 0.357 e. The van der Waals surface area contributed by atoms with Crippen molar-refractivity contribution < 1.29 is 4.39 Å². The zero-order valence-electron chi connectivity index (χ0n) is 11.0. The van der Waals surface area contributed by atoms with Gasteiger partial charge in [-0.15, -0.1) is 6.58 Å². The van der Waals surface area contributed by atoms with Crippen LogP contribution in [-0.4, -0.2) is 25.6 Å². The molecule has 0 bridgehead atoms. The number of rotatable bonds is 6.